The average Bonchev–Trinajstić information content (AvgIpc) is 2.92. The summed E-state index contributed by atoms with van der Waals surface area (Å²) >= 11 is 0. The molecular formula is C24H27F2N3O4. The molecule has 0 aliphatic carbocycles. The minimum Gasteiger partial charge on any atom is -0.378 e. The zero-order chi connectivity index (χ0) is 24.3. The van der Waals surface area contributed by atoms with E-state index in [0.29, 0.717) is 23.9 Å². The Morgan fingerprint density at radius 2 is 1.73 bits per heavy atom. The van der Waals surface area contributed by atoms with E-state index < -0.39 is 47.5 Å². The quantitative estimate of drug-likeness (QED) is 0.713. The third-order valence-corrected chi connectivity index (χ3v) is 5.86. The van der Waals surface area contributed by atoms with E-state index in [1.807, 2.05) is 30.3 Å². The summed E-state index contributed by atoms with van der Waals surface area (Å²) in [5, 5.41) is 10.6. The lowest BCUT2D eigenvalue weighted by Crippen LogP contribution is -2.57. The van der Waals surface area contributed by atoms with Crippen molar-refractivity contribution in [3.8, 4) is 0 Å². The number of likely N-dealkylation sites (N-methyl/N-ethyl adjacent to an activating group) is 1. The number of carbonyl (C=O) groups is 3. The van der Waals surface area contributed by atoms with Gasteiger partial charge in [-0.15, -0.1) is 0 Å². The lowest BCUT2D eigenvalue weighted by Gasteiger charge is -2.33. The van der Waals surface area contributed by atoms with Crippen molar-refractivity contribution in [2.24, 2.45) is 5.73 Å². The molecular weight excluding hydrogens is 432 g/mol. The molecule has 0 radical (unpaired) electrons. The molecule has 1 heterocycles. The van der Waals surface area contributed by atoms with E-state index in [9.17, 15) is 28.3 Å². The first kappa shape index (κ1) is 24.5. The number of rotatable bonds is 5. The Hall–Kier alpha value is -3.17. The smallest absolute Gasteiger partial charge is 0.263 e. The molecule has 1 aliphatic heterocycles. The van der Waals surface area contributed by atoms with E-state index in [1.54, 1.807) is 7.05 Å². The fourth-order valence-electron chi connectivity index (χ4n) is 4.09. The van der Waals surface area contributed by atoms with Gasteiger partial charge in [-0.2, -0.15) is 0 Å². The average molecular weight is 459 g/mol. The van der Waals surface area contributed by atoms with Crippen LogP contribution in [0.4, 0.5) is 8.78 Å². The van der Waals surface area contributed by atoms with E-state index in [-0.39, 0.29) is 17.9 Å². The Kier molecular flexibility index (Phi) is 7.55. The molecule has 2 aromatic carbocycles. The van der Waals surface area contributed by atoms with Crippen LogP contribution in [0.25, 0.3) is 0 Å². The standard InChI is InChI=1S/C24H27F2N3O4/c1-14(27)22(31)29(24(33)21(30)17-10-18(25)13-19(26)11-17)20-12-16(8-9-28(2)23(20)32)15-6-4-3-5-7-15/h3-7,10-11,13-14,16,20-21,30H,8-9,12,27H2,1-2H3/t14-,16-,20-,21+/m0/s1. The van der Waals surface area contributed by atoms with E-state index in [4.69, 9.17) is 5.73 Å². The number of aliphatic hydroxyl groups excluding tert-OH is 1. The lowest BCUT2D eigenvalue weighted by molar-refractivity contribution is -0.159. The second-order valence-electron chi connectivity index (χ2n) is 8.35. The SMILES string of the molecule is C[C@H](N)C(=O)N(C(=O)[C@H](O)c1cc(F)cc(F)c1)[C@H]1C[C@@H](c2ccccc2)CCN(C)C1=O. The highest BCUT2D eigenvalue weighted by molar-refractivity contribution is 6.03. The summed E-state index contributed by atoms with van der Waals surface area (Å²) in [6.45, 7) is 1.76. The molecule has 0 unspecified atom stereocenters. The van der Waals surface area contributed by atoms with Crippen molar-refractivity contribution in [1.29, 1.82) is 0 Å². The van der Waals surface area contributed by atoms with Gasteiger partial charge in [0.05, 0.1) is 6.04 Å². The number of hydrogen-bond donors (Lipinski definition) is 2. The van der Waals surface area contributed by atoms with Gasteiger partial charge >= 0.3 is 0 Å². The third-order valence-electron chi connectivity index (χ3n) is 5.86. The third kappa shape index (κ3) is 5.43. The van der Waals surface area contributed by atoms with Crippen LogP contribution < -0.4 is 5.73 Å². The summed E-state index contributed by atoms with van der Waals surface area (Å²) in [5.74, 6) is -4.63. The molecule has 176 valence electrons. The van der Waals surface area contributed by atoms with Gasteiger partial charge < -0.3 is 15.7 Å². The van der Waals surface area contributed by atoms with E-state index in [1.165, 1.54) is 11.8 Å². The van der Waals surface area contributed by atoms with Crippen molar-refractivity contribution >= 4 is 17.7 Å². The zero-order valence-corrected chi connectivity index (χ0v) is 18.4. The lowest BCUT2D eigenvalue weighted by atomic mass is 9.89. The number of nitrogens with two attached hydrogens (primary N) is 1. The summed E-state index contributed by atoms with van der Waals surface area (Å²) in [6.07, 6.45) is -1.33. The van der Waals surface area contributed by atoms with Crippen LogP contribution in [0.1, 0.15) is 42.9 Å². The second kappa shape index (κ2) is 10.2. The highest BCUT2D eigenvalue weighted by atomic mass is 19.1. The van der Waals surface area contributed by atoms with Crippen molar-refractivity contribution in [2.75, 3.05) is 13.6 Å². The van der Waals surface area contributed by atoms with Crippen molar-refractivity contribution < 1.29 is 28.3 Å². The molecule has 0 aromatic heterocycles. The maximum Gasteiger partial charge on any atom is 0.263 e. The van der Waals surface area contributed by atoms with Gasteiger partial charge in [0.1, 0.15) is 17.7 Å². The van der Waals surface area contributed by atoms with Gasteiger partial charge in [-0.25, -0.2) is 8.78 Å². The molecule has 0 saturated carbocycles. The predicted octanol–water partition coefficient (Wildman–Crippen LogP) is 2.11. The van der Waals surface area contributed by atoms with Crippen LogP contribution in [-0.4, -0.2) is 58.3 Å². The minimum absolute atomic E-state index is 0.127. The Balaban J connectivity index is 2.02. The highest BCUT2D eigenvalue weighted by Crippen LogP contribution is 2.32. The van der Waals surface area contributed by atoms with Crippen molar-refractivity contribution in [2.45, 2.75) is 43.9 Å². The van der Waals surface area contributed by atoms with Crippen LogP contribution in [0, 0.1) is 11.6 Å². The fourth-order valence-corrected chi connectivity index (χ4v) is 4.09. The maximum atomic E-state index is 13.7. The van der Waals surface area contributed by atoms with Gasteiger partial charge in [0, 0.05) is 19.7 Å². The van der Waals surface area contributed by atoms with Crippen molar-refractivity contribution in [3.05, 3.63) is 71.3 Å². The Bertz CT molecular complexity index is 1010. The first-order valence-corrected chi connectivity index (χ1v) is 10.7. The molecule has 0 spiro atoms. The highest BCUT2D eigenvalue weighted by Gasteiger charge is 2.42. The molecule has 4 atom stereocenters. The van der Waals surface area contributed by atoms with Crippen LogP contribution in [0.3, 0.4) is 0 Å². The van der Waals surface area contributed by atoms with Gasteiger partial charge in [-0.1, -0.05) is 30.3 Å². The van der Waals surface area contributed by atoms with E-state index in [0.717, 1.165) is 17.7 Å². The largest absolute Gasteiger partial charge is 0.378 e. The molecule has 3 rings (SSSR count). The van der Waals surface area contributed by atoms with Crippen LogP contribution >= 0.6 is 0 Å². The minimum atomic E-state index is -2.06. The molecule has 33 heavy (non-hydrogen) atoms. The van der Waals surface area contributed by atoms with Crippen LogP contribution in [0.2, 0.25) is 0 Å². The molecule has 1 aliphatic rings. The Labute approximate surface area is 190 Å². The van der Waals surface area contributed by atoms with Crippen LogP contribution in [0.5, 0.6) is 0 Å². The van der Waals surface area contributed by atoms with Crippen LogP contribution in [0.15, 0.2) is 48.5 Å². The first-order chi connectivity index (χ1) is 15.6. The fraction of sp³-hybridized carbons (Fsp3) is 0.375. The van der Waals surface area contributed by atoms with E-state index in [2.05, 4.69) is 0 Å². The van der Waals surface area contributed by atoms with Crippen LogP contribution in [-0.2, 0) is 14.4 Å². The Morgan fingerprint density at radius 1 is 1.12 bits per heavy atom. The molecule has 1 fully saturated rings. The predicted molar refractivity (Wildman–Crippen MR) is 117 cm³/mol. The molecule has 3 N–H and O–H groups in total. The maximum absolute atomic E-state index is 13.7. The van der Waals surface area contributed by atoms with E-state index >= 15 is 0 Å². The number of imide groups is 1. The number of benzene rings is 2. The normalized spacial score (nSPS) is 20.7. The molecule has 3 amide bonds. The second-order valence-corrected chi connectivity index (χ2v) is 8.35. The van der Waals surface area contributed by atoms with Crippen molar-refractivity contribution in [1.82, 2.24) is 9.80 Å². The zero-order valence-electron chi connectivity index (χ0n) is 18.4. The first-order valence-electron chi connectivity index (χ1n) is 10.7. The van der Waals surface area contributed by atoms with Gasteiger partial charge in [0.2, 0.25) is 11.8 Å². The Morgan fingerprint density at radius 3 is 2.30 bits per heavy atom. The molecule has 2 aromatic rings. The number of halogens is 2. The number of hydrogen-bond acceptors (Lipinski definition) is 5. The van der Waals surface area contributed by atoms with Gasteiger partial charge in [-0.05, 0) is 48.9 Å². The molecule has 1 saturated heterocycles. The van der Waals surface area contributed by atoms with Gasteiger partial charge in [0.15, 0.2) is 6.10 Å². The summed E-state index contributed by atoms with van der Waals surface area (Å²) in [6, 6.07) is 9.20. The molecule has 7 nitrogen and oxygen atoms in total. The number of carbonyl (C=O) groups excluding carboxylic acids is 3. The summed E-state index contributed by atoms with van der Waals surface area (Å²) in [4.78, 5) is 41.6. The molecule has 0 bridgehead atoms. The molecule has 9 heteroatoms. The summed E-state index contributed by atoms with van der Waals surface area (Å²) < 4.78 is 27.4. The number of aliphatic hydroxyl groups is 1. The topological polar surface area (TPSA) is 104 Å². The summed E-state index contributed by atoms with van der Waals surface area (Å²) in [5.41, 5.74) is 6.34. The summed E-state index contributed by atoms with van der Waals surface area (Å²) in [7, 11) is 1.57. The monoisotopic (exact) mass is 459 g/mol. The van der Waals surface area contributed by atoms with Crippen molar-refractivity contribution in [3.63, 3.8) is 0 Å². The number of likely N-dealkylation sites (tertiary alicyclic amines) is 1. The number of nitrogens with zero attached hydrogens (tertiary/aromatic N) is 2. The van der Waals surface area contributed by atoms with Gasteiger partial charge in [0.25, 0.3) is 5.91 Å². The van der Waals surface area contributed by atoms with Gasteiger partial charge in [-0.3, -0.25) is 19.3 Å². The number of amides is 3.